The lowest BCUT2D eigenvalue weighted by molar-refractivity contribution is 0.527. The zero-order valence-corrected chi connectivity index (χ0v) is 9.58. The lowest BCUT2D eigenvalue weighted by Gasteiger charge is -2.23. The van der Waals surface area contributed by atoms with Gasteiger partial charge in [-0.1, -0.05) is 17.2 Å². The largest absolute Gasteiger partial charge is 0.267 e. The van der Waals surface area contributed by atoms with Crippen molar-refractivity contribution < 1.29 is 8.42 Å². The Hall–Kier alpha value is -2.05. The molecule has 0 unspecified atom stereocenters. The van der Waals surface area contributed by atoms with Crippen LogP contribution in [0.15, 0.2) is 39.3 Å². The molecular weight excluding hydrogens is 242 g/mol. The minimum absolute atomic E-state index is 0.0733. The number of hydrogen-bond donors (Lipinski definition) is 0. The van der Waals surface area contributed by atoms with Gasteiger partial charge in [-0.25, -0.2) is 13.4 Å². The number of fused-ring (bicyclic) bond motifs is 1. The highest BCUT2D eigenvalue weighted by Gasteiger charge is 2.27. The van der Waals surface area contributed by atoms with Gasteiger partial charge in [-0.15, -0.1) is 0 Å². The van der Waals surface area contributed by atoms with Crippen LogP contribution >= 0.6 is 0 Å². The molecule has 0 saturated carbocycles. The molecule has 0 aromatic heterocycles. The van der Waals surface area contributed by atoms with Crippen LogP contribution < -0.4 is 0 Å². The SMILES string of the molecule is [N-]=[N+]=NCCN1C=Nc2ccccc2S1(=O)=O. The maximum Gasteiger partial charge on any atom is 0.267 e. The van der Waals surface area contributed by atoms with E-state index in [1.807, 2.05) is 0 Å². The Morgan fingerprint density at radius 1 is 1.41 bits per heavy atom. The fourth-order valence-electron chi connectivity index (χ4n) is 1.46. The summed E-state index contributed by atoms with van der Waals surface area (Å²) in [5, 5.41) is 3.30. The maximum absolute atomic E-state index is 12.1. The maximum atomic E-state index is 12.1. The zero-order chi connectivity index (χ0) is 12.3. The second-order valence-electron chi connectivity index (χ2n) is 3.28. The Morgan fingerprint density at radius 2 is 2.18 bits per heavy atom. The third-order valence-corrected chi connectivity index (χ3v) is 4.06. The molecule has 0 spiro atoms. The Kier molecular flexibility index (Phi) is 2.99. The van der Waals surface area contributed by atoms with Gasteiger partial charge in [0, 0.05) is 18.0 Å². The second-order valence-corrected chi connectivity index (χ2v) is 5.14. The lowest BCUT2D eigenvalue weighted by atomic mass is 10.3. The molecule has 1 aromatic rings. The normalized spacial score (nSPS) is 16.1. The average Bonchev–Trinajstić information content (AvgIpc) is 2.32. The first-order chi connectivity index (χ1) is 8.16. The minimum atomic E-state index is -3.56. The number of para-hydroxylation sites is 1. The first-order valence-corrected chi connectivity index (χ1v) is 6.26. The van der Waals surface area contributed by atoms with Gasteiger partial charge in [-0.3, -0.25) is 4.31 Å². The quantitative estimate of drug-likeness (QED) is 0.463. The highest BCUT2D eigenvalue weighted by molar-refractivity contribution is 7.89. The van der Waals surface area contributed by atoms with E-state index < -0.39 is 10.0 Å². The number of nitrogens with zero attached hydrogens (tertiary/aromatic N) is 5. The molecule has 0 aliphatic carbocycles. The molecule has 8 heteroatoms. The predicted molar refractivity (Wildman–Crippen MR) is 62.5 cm³/mol. The van der Waals surface area contributed by atoms with Crippen molar-refractivity contribution in [1.29, 1.82) is 0 Å². The Bertz CT molecular complexity index is 604. The van der Waals surface area contributed by atoms with Crippen LogP contribution in [-0.4, -0.2) is 32.2 Å². The van der Waals surface area contributed by atoms with Crippen LogP contribution in [0.5, 0.6) is 0 Å². The molecule has 1 heterocycles. The monoisotopic (exact) mass is 251 g/mol. The van der Waals surface area contributed by atoms with Crippen molar-refractivity contribution in [2.75, 3.05) is 13.1 Å². The summed E-state index contributed by atoms with van der Waals surface area (Å²) in [4.78, 5) is 6.78. The lowest BCUT2D eigenvalue weighted by Crippen LogP contribution is -2.33. The van der Waals surface area contributed by atoms with Crippen LogP contribution in [-0.2, 0) is 10.0 Å². The highest BCUT2D eigenvalue weighted by Crippen LogP contribution is 2.29. The summed E-state index contributed by atoms with van der Waals surface area (Å²) in [7, 11) is -3.56. The summed E-state index contributed by atoms with van der Waals surface area (Å²) >= 11 is 0. The van der Waals surface area contributed by atoms with E-state index in [0.29, 0.717) is 5.69 Å². The van der Waals surface area contributed by atoms with Gasteiger partial charge < -0.3 is 0 Å². The first-order valence-electron chi connectivity index (χ1n) is 4.82. The molecule has 0 radical (unpaired) electrons. The van der Waals surface area contributed by atoms with Crippen LogP contribution in [0.4, 0.5) is 5.69 Å². The Labute approximate surface area is 98.1 Å². The van der Waals surface area contributed by atoms with Gasteiger partial charge in [0.15, 0.2) is 0 Å². The number of azide groups is 1. The van der Waals surface area contributed by atoms with Crippen LogP contribution in [0.3, 0.4) is 0 Å². The summed E-state index contributed by atoms with van der Waals surface area (Å²) in [6, 6.07) is 6.50. The topological polar surface area (TPSA) is 98.5 Å². The molecule has 1 aliphatic heterocycles. The number of benzene rings is 1. The van der Waals surface area contributed by atoms with Crippen LogP contribution in [0, 0.1) is 0 Å². The van der Waals surface area contributed by atoms with Crippen molar-refractivity contribution in [3.63, 3.8) is 0 Å². The fraction of sp³-hybridized carbons (Fsp3) is 0.222. The highest BCUT2D eigenvalue weighted by atomic mass is 32.2. The summed E-state index contributed by atoms with van der Waals surface area (Å²) in [5.74, 6) is 0. The van der Waals surface area contributed by atoms with E-state index in [-0.39, 0.29) is 18.0 Å². The molecular formula is C9H9N5O2S. The van der Waals surface area contributed by atoms with Gasteiger partial charge in [0.25, 0.3) is 10.0 Å². The van der Waals surface area contributed by atoms with Crippen LogP contribution in [0.1, 0.15) is 0 Å². The molecule has 17 heavy (non-hydrogen) atoms. The van der Waals surface area contributed by atoms with Gasteiger partial charge in [0.05, 0.1) is 5.69 Å². The fourth-order valence-corrected chi connectivity index (χ4v) is 2.84. The van der Waals surface area contributed by atoms with Gasteiger partial charge >= 0.3 is 0 Å². The van der Waals surface area contributed by atoms with Crippen molar-refractivity contribution in [3.05, 3.63) is 34.7 Å². The van der Waals surface area contributed by atoms with Crippen molar-refractivity contribution in [1.82, 2.24) is 4.31 Å². The van der Waals surface area contributed by atoms with Crippen LogP contribution in [0.25, 0.3) is 10.4 Å². The summed E-state index contributed by atoms with van der Waals surface area (Å²) in [6.45, 7) is 0.161. The van der Waals surface area contributed by atoms with Crippen molar-refractivity contribution in [2.24, 2.45) is 10.1 Å². The molecule has 7 nitrogen and oxygen atoms in total. The van der Waals surface area contributed by atoms with Gasteiger partial charge in [0.1, 0.15) is 11.2 Å². The van der Waals surface area contributed by atoms with E-state index >= 15 is 0 Å². The van der Waals surface area contributed by atoms with E-state index in [1.165, 1.54) is 12.4 Å². The van der Waals surface area contributed by atoms with Gasteiger partial charge in [-0.2, -0.15) is 0 Å². The zero-order valence-electron chi connectivity index (χ0n) is 8.76. The summed E-state index contributed by atoms with van der Waals surface area (Å²) < 4.78 is 25.3. The molecule has 2 rings (SSSR count). The second kappa shape index (κ2) is 4.44. The molecule has 0 bridgehead atoms. The average molecular weight is 251 g/mol. The van der Waals surface area contributed by atoms with Crippen LogP contribution in [0.2, 0.25) is 0 Å². The molecule has 1 aliphatic rings. The summed E-state index contributed by atoms with van der Waals surface area (Å²) in [5.41, 5.74) is 8.56. The summed E-state index contributed by atoms with van der Waals surface area (Å²) in [6.07, 6.45) is 1.24. The molecule has 1 aromatic carbocycles. The number of hydrogen-bond acceptors (Lipinski definition) is 4. The molecule has 0 amide bonds. The standard InChI is InChI=1S/C9H9N5O2S/c10-13-12-5-6-14-7-11-8-3-1-2-4-9(8)17(14,15)16/h1-4,7H,5-6H2. The number of aliphatic imine (C=N–C) groups is 1. The number of rotatable bonds is 3. The van der Waals surface area contributed by atoms with E-state index in [1.54, 1.807) is 18.2 Å². The minimum Gasteiger partial charge on any atom is -0.256 e. The van der Waals surface area contributed by atoms with E-state index in [4.69, 9.17) is 5.53 Å². The van der Waals surface area contributed by atoms with Crippen molar-refractivity contribution in [2.45, 2.75) is 4.90 Å². The number of sulfonamides is 1. The molecule has 88 valence electrons. The van der Waals surface area contributed by atoms with Crippen molar-refractivity contribution in [3.8, 4) is 0 Å². The molecule has 0 saturated heterocycles. The molecule has 0 atom stereocenters. The van der Waals surface area contributed by atoms with E-state index in [0.717, 1.165) is 4.31 Å². The van der Waals surface area contributed by atoms with E-state index in [2.05, 4.69) is 15.0 Å². The first kappa shape index (κ1) is 11.4. The third-order valence-electron chi connectivity index (χ3n) is 2.26. The van der Waals surface area contributed by atoms with Gasteiger partial charge in [-0.05, 0) is 17.7 Å². The Morgan fingerprint density at radius 3 is 2.94 bits per heavy atom. The Balaban J connectivity index is 2.34. The third kappa shape index (κ3) is 2.08. The molecule has 0 fully saturated rings. The molecule has 0 N–H and O–H groups in total. The predicted octanol–water partition coefficient (Wildman–Crippen LogP) is 1.66. The van der Waals surface area contributed by atoms with E-state index in [9.17, 15) is 8.42 Å². The van der Waals surface area contributed by atoms with Gasteiger partial charge in [0.2, 0.25) is 0 Å². The van der Waals surface area contributed by atoms with Crippen molar-refractivity contribution >= 4 is 22.0 Å². The smallest absolute Gasteiger partial charge is 0.256 e.